The van der Waals surface area contributed by atoms with Crippen molar-refractivity contribution in [3.8, 4) is 11.5 Å². The number of aromatic hydroxyl groups is 1. The van der Waals surface area contributed by atoms with Crippen LogP contribution in [0.25, 0.3) is 0 Å². The van der Waals surface area contributed by atoms with Crippen molar-refractivity contribution in [1.29, 1.82) is 0 Å². The van der Waals surface area contributed by atoms with Crippen molar-refractivity contribution in [3.63, 3.8) is 0 Å². The van der Waals surface area contributed by atoms with Gasteiger partial charge in [0.15, 0.2) is 11.5 Å². The van der Waals surface area contributed by atoms with Gasteiger partial charge in [-0.1, -0.05) is 6.07 Å². The van der Waals surface area contributed by atoms with E-state index in [2.05, 4.69) is 13.0 Å². The largest absolute Gasteiger partial charge is 0.504 e. The van der Waals surface area contributed by atoms with Crippen LogP contribution in [-0.4, -0.2) is 18.3 Å². The second-order valence-electron chi connectivity index (χ2n) is 5.19. The number of ether oxygens (including phenoxy) is 1. The minimum atomic E-state index is 0.0931. The summed E-state index contributed by atoms with van der Waals surface area (Å²) in [4.78, 5) is 0. The first kappa shape index (κ1) is 12.2. The second-order valence-corrected chi connectivity index (χ2v) is 5.19. The number of phenols is 1. The van der Waals surface area contributed by atoms with Gasteiger partial charge < -0.3 is 15.6 Å². The van der Waals surface area contributed by atoms with Gasteiger partial charge in [0.25, 0.3) is 0 Å². The van der Waals surface area contributed by atoms with Crippen LogP contribution >= 0.6 is 0 Å². The fraction of sp³-hybridized carbons (Fsp3) is 0.571. The van der Waals surface area contributed by atoms with E-state index in [0.29, 0.717) is 5.75 Å². The molecule has 1 aromatic rings. The first-order valence-corrected chi connectivity index (χ1v) is 6.07. The first-order valence-electron chi connectivity index (χ1n) is 6.07. The van der Waals surface area contributed by atoms with Crippen molar-refractivity contribution in [1.82, 2.24) is 0 Å². The van der Waals surface area contributed by atoms with E-state index in [1.165, 1.54) is 5.56 Å². The molecule has 0 aromatic heterocycles. The lowest BCUT2D eigenvalue weighted by molar-refractivity contribution is 0.367. The fourth-order valence-corrected chi connectivity index (χ4v) is 2.74. The lowest BCUT2D eigenvalue weighted by Crippen LogP contribution is -2.32. The topological polar surface area (TPSA) is 55.5 Å². The normalized spacial score (nSPS) is 18.9. The molecule has 94 valence electrons. The quantitative estimate of drug-likeness (QED) is 0.845. The van der Waals surface area contributed by atoms with Crippen LogP contribution < -0.4 is 10.5 Å². The summed E-state index contributed by atoms with van der Waals surface area (Å²) < 4.78 is 5.31. The lowest BCUT2D eigenvalue weighted by Gasteiger charge is -2.24. The van der Waals surface area contributed by atoms with Gasteiger partial charge in [-0.3, -0.25) is 0 Å². The highest BCUT2D eigenvalue weighted by atomic mass is 16.5. The molecule has 0 saturated heterocycles. The van der Waals surface area contributed by atoms with Gasteiger partial charge in [-0.2, -0.15) is 0 Å². The predicted molar refractivity (Wildman–Crippen MR) is 68.7 cm³/mol. The van der Waals surface area contributed by atoms with Crippen molar-refractivity contribution < 1.29 is 9.84 Å². The molecular weight excluding hydrogens is 214 g/mol. The molecular formula is C14H21NO2. The Morgan fingerprint density at radius 1 is 1.41 bits per heavy atom. The molecule has 1 unspecified atom stereocenters. The van der Waals surface area contributed by atoms with Crippen LogP contribution in [0.2, 0.25) is 0 Å². The number of methoxy groups -OCH3 is 1. The highest BCUT2D eigenvalue weighted by Gasteiger charge is 2.48. The minimum absolute atomic E-state index is 0.0931. The smallest absolute Gasteiger partial charge is 0.163 e. The standard InChI is InChI=1S/C14H21NO2/c1-8-7-11(14(5-6-14)10(3)15)9(2)13(17-4)12(8)16/h7,10,16H,5-6,15H2,1-4H3. The molecule has 1 fully saturated rings. The molecule has 17 heavy (non-hydrogen) atoms. The number of phenolic OH excluding ortho intramolecular Hbond substituents is 1. The van der Waals surface area contributed by atoms with E-state index in [1.807, 2.05) is 13.8 Å². The highest BCUT2D eigenvalue weighted by molar-refractivity contribution is 5.57. The molecule has 1 aliphatic carbocycles. The zero-order valence-electron chi connectivity index (χ0n) is 11.0. The summed E-state index contributed by atoms with van der Waals surface area (Å²) in [5.74, 6) is 0.834. The SMILES string of the molecule is COc1c(C)c(C2(C(C)N)CC2)cc(C)c1O. The number of rotatable bonds is 3. The summed E-state index contributed by atoms with van der Waals surface area (Å²) in [6, 6.07) is 2.19. The second kappa shape index (κ2) is 3.91. The van der Waals surface area contributed by atoms with Crippen LogP contribution in [0.1, 0.15) is 36.5 Å². The average molecular weight is 235 g/mol. The summed E-state index contributed by atoms with van der Waals surface area (Å²) in [6.45, 7) is 5.95. The van der Waals surface area contributed by atoms with Gasteiger partial charge in [0.2, 0.25) is 0 Å². The van der Waals surface area contributed by atoms with Gasteiger partial charge in [-0.15, -0.1) is 0 Å². The molecule has 3 N–H and O–H groups in total. The lowest BCUT2D eigenvalue weighted by atomic mass is 9.85. The van der Waals surface area contributed by atoms with Crippen LogP contribution in [0.15, 0.2) is 6.07 Å². The van der Waals surface area contributed by atoms with E-state index in [1.54, 1.807) is 7.11 Å². The highest BCUT2D eigenvalue weighted by Crippen LogP contribution is 2.53. The van der Waals surface area contributed by atoms with Crippen molar-refractivity contribution in [2.24, 2.45) is 5.73 Å². The van der Waals surface area contributed by atoms with E-state index in [9.17, 15) is 5.11 Å². The maximum absolute atomic E-state index is 9.97. The Balaban J connectivity index is 2.60. The van der Waals surface area contributed by atoms with Crippen LogP contribution in [0, 0.1) is 13.8 Å². The number of hydrogen-bond acceptors (Lipinski definition) is 3. The van der Waals surface area contributed by atoms with E-state index in [4.69, 9.17) is 10.5 Å². The molecule has 0 aliphatic heterocycles. The summed E-state index contributed by atoms with van der Waals surface area (Å²) >= 11 is 0. The van der Waals surface area contributed by atoms with Crippen molar-refractivity contribution in [2.45, 2.75) is 45.1 Å². The van der Waals surface area contributed by atoms with Crippen molar-refractivity contribution in [3.05, 3.63) is 22.8 Å². The Morgan fingerprint density at radius 2 is 2.00 bits per heavy atom. The van der Waals surface area contributed by atoms with Crippen LogP contribution in [0.5, 0.6) is 11.5 Å². The molecule has 3 nitrogen and oxygen atoms in total. The Hall–Kier alpha value is -1.22. The Labute approximate surface area is 103 Å². The molecule has 1 atom stereocenters. The first-order chi connectivity index (χ1) is 7.94. The monoisotopic (exact) mass is 235 g/mol. The molecule has 2 rings (SSSR count). The number of benzene rings is 1. The molecule has 0 bridgehead atoms. The van der Waals surface area contributed by atoms with Gasteiger partial charge in [-0.05, 0) is 50.3 Å². The van der Waals surface area contributed by atoms with Crippen molar-refractivity contribution >= 4 is 0 Å². The Kier molecular flexibility index (Phi) is 2.82. The number of aryl methyl sites for hydroxylation is 1. The third kappa shape index (κ3) is 1.69. The predicted octanol–water partition coefficient (Wildman–Crippen LogP) is 2.40. The molecule has 1 aliphatic rings. The zero-order chi connectivity index (χ0) is 12.8. The molecule has 1 saturated carbocycles. The molecule has 0 spiro atoms. The van der Waals surface area contributed by atoms with E-state index < -0.39 is 0 Å². The van der Waals surface area contributed by atoms with Crippen LogP contribution in [0.4, 0.5) is 0 Å². The van der Waals surface area contributed by atoms with Gasteiger partial charge in [-0.25, -0.2) is 0 Å². The van der Waals surface area contributed by atoms with Gasteiger partial charge in [0.1, 0.15) is 0 Å². The number of hydrogen-bond donors (Lipinski definition) is 2. The maximum Gasteiger partial charge on any atom is 0.163 e. The average Bonchev–Trinajstić information content (AvgIpc) is 3.05. The fourth-order valence-electron chi connectivity index (χ4n) is 2.74. The van der Waals surface area contributed by atoms with E-state index in [-0.39, 0.29) is 17.2 Å². The molecule has 0 amide bonds. The Morgan fingerprint density at radius 3 is 2.41 bits per heavy atom. The van der Waals surface area contributed by atoms with Gasteiger partial charge >= 0.3 is 0 Å². The van der Waals surface area contributed by atoms with Gasteiger partial charge in [0, 0.05) is 11.5 Å². The number of nitrogens with two attached hydrogens (primary N) is 1. The van der Waals surface area contributed by atoms with Crippen LogP contribution in [-0.2, 0) is 5.41 Å². The minimum Gasteiger partial charge on any atom is -0.504 e. The van der Waals surface area contributed by atoms with Crippen LogP contribution in [0.3, 0.4) is 0 Å². The van der Waals surface area contributed by atoms with Crippen molar-refractivity contribution in [2.75, 3.05) is 7.11 Å². The molecule has 1 aromatic carbocycles. The summed E-state index contributed by atoms with van der Waals surface area (Å²) in [7, 11) is 1.59. The third-order valence-electron chi connectivity index (χ3n) is 4.09. The third-order valence-corrected chi connectivity index (χ3v) is 4.09. The zero-order valence-corrected chi connectivity index (χ0v) is 11.0. The van der Waals surface area contributed by atoms with E-state index in [0.717, 1.165) is 24.0 Å². The summed E-state index contributed by atoms with van der Waals surface area (Å²) in [5.41, 5.74) is 9.31. The summed E-state index contributed by atoms with van der Waals surface area (Å²) in [6.07, 6.45) is 2.25. The molecule has 0 heterocycles. The van der Waals surface area contributed by atoms with E-state index >= 15 is 0 Å². The summed E-state index contributed by atoms with van der Waals surface area (Å²) in [5, 5.41) is 9.97. The van der Waals surface area contributed by atoms with Gasteiger partial charge in [0.05, 0.1) is 7.11 Å². The molecule has 3 heteroatoms. The molecule has 0 radical (unpaired) electrons. The maximum atomic E-state index is 9.97. The Bertz CT molecular complexity index is 448.